The summed E-state index contributed by atoms with van der Waals surface area (Å²) in [7, 11) is 0. The van der Waals surface area contributed by atoms with Crippen molar-refractivity contribution >= 4 is 23.3 Å². The molecule has 0 spiro atoms. The van der Waals surface area contributed by atoms with Crippen LogP contribution in [0.15, 0.2) is 24.3 Å². The average Bonchev–Trinajstić information content (AvgIpc) is 2.91. The van der Waals surface area contributed by atoms with E-state index in [1.807, 2.05) is 24.3 Å². The van der Waals surface area contributed by atoms with Crippen LogP contribution in [0.3, 0.4) is 0 Å². The number of hydrogen-bond donors (Lipinski definition) is 2. The Hall–Kier alpha value is -2.28. The Morgan fingerprint density at radius 2 is 1.80 bits per heavy atom. The van der Waals surface area contributed by atoms with Crippen LogP contribution in [0.1, 0.15) is 25.7 Å². The molecule has 0 aliphatic carbocycles. The minimum atomic E-state index is -0.736. The molecule has 1 aromatic carbocycles. The lowest BCUT2D eigenvalue weighted by Gasteiger charge is -2.32. The monoisotopic (exact) mass is 346 g/mol. The largest absolute Gasteiger partial charge is 0.370 e. The Bertz CT molecular complexity index is 614. The van der Waals surface area contributed by atoms with Crippen LogP contribution >= 0.6 is 0 Å². The van der Waals surface area contributed by atoms with E-state index in [9.17, 15) is 9.59 Å². The van der Waals surface area contributed by atoms with Crippen molar-refractivity contribution in [2.24, 2.45) is 5.73 Å². The lowest BCUT2D eigenvalue weighted by atomic mass is 10.2. The predicted molar refractivity (Wildman–Crippen MR) is 96.6 cm³/mol. The highest BCUT2D eigenvalue weighted by Crippen LogP contribution is 2.28. The van der Waals surface area contributed by atoms with E-state index in [0.29, 0.717) is 13.2 Å². The Morgan fingerprint density at radius 1 is 1.08 bits per heavy atom. The van der Waals surface area contributed by atoms with Gasteiger partial charge in [0.2, 0.25) is 5.91 Å². The van der Waals surface area contributed by atoms with Crippen LogP contribution in [0.2, 0.25) is 0 Å². The SMILES string of the molecule is NC(=O)[C@H]1CN(C(=O)Nc2ccccc2N2CCCCCC2)CCO1. The quantitative estimate of drug-likeness (QED) is 0.873. The number of hydrogen-bond acceptors (Lipinski definition) is 4. The summed E-state index contributed by atoms with van der Waals surface area (Å²) in [5, 5.41) is 3.00. The number of amides is 3. The first-order valence-corrected chi connectivity index (χ1v) is 8.96. The molecule has 2 saturated heterocycles. The number of nitrogens with two attached hydrogens (primary N) is 1. The predicted octanol–water partition coefficient (Wildman–Crippen LogP) is 1.78. The molecule has 25 heavy (non-hydrogen) atoms. The normalized spacial score (nSPS) is 21.5. The molecule has 0 bridgehead atoms. The molecule has 2 fully saturated rings. The first-order chi connectivity index (χ1) is 12.1. The number of primary amides is 1. The Kier molecular flexibility index (Phi) is 5.75. The molecule has 7 nitrogen and oxygen atoms in total. The number of ether oxygens (including phenoxy) is 1. The van der Waals surface area contributed by atoms with Crippen LogP contribution in [0, 0.1) is 0 Å². The second kappa shape index (κ2) is 8.20. The summed E-state index contributed by atoms with van der Waals surface area (Å²) >= 11 is 0. The molecular formula is C18H26N4O3. The maximum atomic E-state index is 12.6. The Morgan fingerprint density at radius 3 is 2.52 bits per heavy atom. The molecule has 3 N–H and O–H groups in total. The average molecular weight is 346 g/mol. The minimum absolute atomic E-state index is 0.188. The zero-order chi connectivity index (χ0) is 17.6. The van der Waals surface area contributed by atoms with Crippen LogP contribution in [0.4, 0.5) is 16.2 Å². The fourth-order valence-electron chi connectivity index (χ4n) is 3.37. The van der Waals surface area contributed by atoms with Crippen molar-refractivity contribution < 1.29 is 14.3 Å². The minimum Gasteiger partial charge on any atom is -0.370 e. The van der Waals surface area contributed by atoms with Crippen molar-refractivity contribution in [3.8, 4) is 0 Å². The number of rotatable bonds is 3. The number of urea groups is 1. The van der Waals surface area contributed by atoms with Crippen molar-refractivity contribution in [1.82, 2.24) is 4.90 Å². The number of nitrogens with one attached hydrogen (secondary N) is 1. The van der Waals surface area contributed by atoms with Gasteiger partial charge in [0.25, 0.3) is 0 Å². The third kappa shape index (κ3) is 4.42. The Balaban J connectivity index is 1.69. The van der Waals surface area contributed by atoms with Gasteiger partial charge in [-0.3, -0.25) is 4.79 Å². The molecule has 3 rings (SSSR count). The standard InChI is InChI=1S/C18H26N4O3/c19-17(23)16-13-22(11-12-25-16)18(24)20-14-7-3-4-8-15(14)21-9-5-1-2-6-10-21/h3-4,7-8,16H,1-2,5-6,9-13H2,(H2,19,23)(H,20,24)/t16-/m1/s1. The van der Waals surface area contributed by atoms with Gasteiger partial charge in [0.1, 0.15) is 0 Å². The number of carbonyl (C=O) groups excluding carboxylic acids is 2. The second-order valence-electron chi connectivity index (χ2n) is 6.56. The number of nitrogens with zero attached hydrogens (tertiary/aromatic N) is 2. The zero-order valence-electron chi connectivity index (χ0n) is 14.4. The van der Waals surface area contributed by atoms with Gasteiger partial charge in [-0.05, 0) is 25.0 Å². The van der Waals surface area contributed by atoms with Crippen molar-refractivity contribution in [1.29, 1.82) is 0 Å². The summed E-state index contributed by atoms with van der Waals surface area (Å²) in [6.07, 6.45) is 4.12. The van der Waals surface area contributed by atoms with Gasteiger partial charge in [0, 0.05) is 19.6 Å². The highest BCUT2D eigenvalue weighted by molar-refractivity contribution is 5.93. The second-order valence-corrected chi connectivity index (χ2v) is 6.56. The highest BCUT2D eigenvalue weighted by atomic mass is 16.5. The van der Waals surface area contributed by atoms with Crippen LogP contribution < -0.4 is 16.0 Å². The molecule has 1 aromatic rings. The molecule has 2 aliphatic heterocycles. The van der Waals surface area contributed by atoms with Crippen LogP contribution in [0.5, 0.6) is 0 Å². The molecule has 0 aromatic heterocycles. The number of para-hydroxylation sites is 2. The molecule has 2 aliphatic rings. The molecule has 0 saturated carbocycles. The van der Waals surface area contributed by atoms with Crippen molar-refractivity contribution in [2.45, 2.75) is 31.8 Å². The van der Waals surface area contributed by atoms with Gasteiger partial charge in [-0.15, -0.1) is 0 Å². The lowest BCUT2D eigenvalue weighted by molar-refractivity contribution is -0.133. The summed E-state index contributed by atoms with van der Waals surface area (Å²) < 4.78 is 5.30. The third-order valence-electron chi connectivity index (χ3n) is 4.76. The van der Waals surface area contributed by atoms with E-state index in [4.69, 9.17) is 10.5 Å². The summed E-state index contributed by atoms with van der Waals surface area (Å²) in [6, 6.07) is 7.66. The van der Waals surface area contributed by atoms with E-state index in [1.165, 1.54) is 25.7 Å². The number of morpholine rings is 1. The van der Waals surface area contributed by atoms with Gasteiger partial charge in [0.15, 0.2) is 6.10 Å². The van der Waals surface area contributed by atoms with Gasteiger partial charge >= 0.3 is 6.03 Å². The number of benzene rings is 1. The summed E-state index contributed by atoms with van der Waals surface area (Å²) in [4.78, 5) is 27.9. The number of anilines is 2. The fraction of sp³-hybridized carbons (Fsp3) is 0.556. The molecule has 136 valence electrons. The van der Waals surface area contributed by atoms with Gasteiger partial charge in [0.05, 0.1) is 24.5 Å². The first-order valence-electron chi connectivity index (χ1n) is 8.96. The van der Waals surface area contributed by atoms with Crippen LogP contribution in [-0.4, -0.2) is 55.7 Å². The first kappa shape index (κ1) is 17.5. The maximum Gasteiger partial charge on any atom is 0.322 e. The fourth-order valence-corrected chi connectivity index (χ4v) is 3.37. The molecule has 0 radical (unpaired) electrons. The van der Waals surface area contributed by atoms with Crippen LogP contribution in [0.25, 0.3) is 0 Å². The van der Waals surface area contributed by atoms with Gasteiger partial charge in [-0.25, -0.2) is 4.79 Å². The van der Waals surface area contributed by atoms with E-state index in [0.717, 1.165) is 24.5 Å². The molecule has 1 atom stereocenters. The topological polar surface area (TPSA) is 87.9 Å². The van der Waals surface area contributed by atoms with E-state index < -0.39 is 12.0 Å². The smallest absolute Gasteiger partial charge is 0.322 e. The van der Waals surface area contributed by atoms with Crippen molar-refractivity contribution in [3.05, 3.63) is 24.3 Å². The summed E-state index contributed by atoms with van der Waals surface area (Å²) in [6.45, 7) is 2.96. The van der Waals surface area contributed by atoms with E-state index in [2.05, 4.69) is 10.2 Å². The maximum absolute atomic E-state index is 12.6. The van der Waals surface area contributed by atoms with Crippen molar-refractivity contribution in [2.75, 3.05) is 43.0 Å². The lowest BCUT2D eigenvalue weighted by Crippen LogP contribution is -2.51. The Labute approximate surface area is 148 Å². The van der Waals surface area contributed by atoms with Gasteiger partial charge in [-0.2, -0.15) is 0 Å². The van der Waals surface area contributed by atoms with E-state index in [-0.39, 0.29) is 12.6 Å². The summed E-state index contributed by atoms with van der Waals surface area (Å²) in [5.41, 5.74) is 7.15. The van der Waals surface area contributed by atoms with Crippen molar-refractivity contribution in [3.63, 3.8) is 0 Å². The van der Waals surface area contributed by atoms with E-state index >= 15 is 0 Å². The van der Waals surface area contributed by atoms with Gasteiger partial charge < -0.3 is 25.6 Å². The van der Waals surface area contributed by atoms with Gasteiger partial charge in [-0.1, -0.05) is 25.0 Å². The molecule has 0 unspecified atom stereocenters. The number of carbonyl (C=O) groups is 2. The van der Waals surface area contributed by atoms with E-state index in [1.54, 1.807) is 4.90 Å². The summed E-state index contributed by atoms with van der Waals surface area (Å²) in [5.74, 6) is -0.539. The molecule has 3 amide bonds. The molecule has 2 heterocycles. The molecular weight excluding hydrogens is 320 g/mol. The molecule has 7 heteroatoms. The van der Waals surface area contributed by atoms with Crippen LogP contribution in [-0.2, 0) is 9.53 Å². The highest BCUT2D eigenvalue weighted by Gasteiger charge is 2.28. The third-order valence-corrected chi connectivity index (χ3v) is 4.76. The zero-order valence-corrected chi connectivity index (χ0v) is 14.4.